The Labute approximate surface area is 117 Å². The van der Waals surface area contributed by atoms with Crippen molar-refractivity contribution >= 4 is 33.5 Å². The minimum absolute atomic E-state index is 0.0826. The summed E-state index contributed by atoms with van der Waals surface area (Å²) in [6, 6.07) is 10.0. The topological polar surface area (TPSA) is 79.5 Å². The fourth-order valence-corrected chi connectivity index (χ4v) is 1.73. The highest BCUT2D eigenvalue weighted by Crippen LogP contribution is 2.16. The van der Waals surface area contributed by atoms with E-state index in [4.69, 9.17) is 9.52 Å². The van der Waals surface area contributed by atoms with E-state index < -0.39 is 11.9 Å². The van der Waals surface area contributed by atoms with Gasteiger partial charge in [-0.05, 0) is 36.4 Å². The van der Waals surface area contributed by atoms with Crippen molar-refractivity contribution in [2.45, 2.75) is 6.42 Å². The molecule has 0 saturated carbocycles. The molecule has 19 heavy (non-hydrogen) atoms. The number of nitrogens with one attached hydrogen (secondary N) is 1. The molecular weight excluding hydrogens is 314 g/mol. The van der Waals surface area contributed by atoms with Gasteiger partial charge in [0.1, 0.15) is 12.2 Å². The third kappa shape index (κ3) is 3.69. The fraction of sp³-hybridized carbons (Fsp3) is 0.0769. The minimum Gasteiger partial charge on any atom is -0.481 e. The van der Waals surface area contributed by atoms with Crippen molar-refractivity contribution in [3.8, 4) is 0 Å². The van der Waals surface area contributed by atoms with Crippen LogP contribution in [0, 0.1) is 0 Å². The molecule has 0 saturated heterocycles. The second kappa shape index (κ2) is 5.71. The summed E-state index contributed by atoms with van der Waals surface area (Å²) in [5, 5.41) is 11.3. The molecule has 1 amide bonds. The third-order valence-electron chi connectivity index (χ3n) is 2.31. The molecule has 5 nitrogen and oxygen atoms in total. The SMILES string of the molecule is O=C(O)Cc1ccc(C(=O)Nc2ccc(Br)cc2)o1. The Hall–Kier alpha value is -2.08. The lowest BCUT2D eigenvalue weighted by molar-refractivity contribution is -0.136. The van der Waals surface area contributed by atoms with Crippen LogP contribution >= 0.6 is 15.9 Å². The van der Waals surface area contributed by atoms with Gasteiger partial charge >= 0.3 is 5.97 Å². The first-order valence-electron chi connectivity index (χ1n) is 5.42. The molecule has 0 spiro atoms. The van der Waals surface area contributed by atoms with E-state index in [0.29, 0.717) is 5.69 Å². The molecule has 1 heterocycles. The number of carbonyl (C=O) groups excluding carboxylic acids is 1. The summed E-state index contributed by atoms with van der Waals surface area (Å²) < 4.78 is 6.06. The predicted molar refractivity (Wildman–Crippen MR) is 72.1 cm³/mol. The van der Waals surface area contributed by atoms with E-state index >= 15 is 0 Å². The second-order valence-corrected chi connectivity index (χ2v) is 4.71. The van der Waals surface area contributed by atoms with Crippen LogP contribution in [0.15, 0.2) is 45.3 Å². The van der Waals surface area contributed by atoms with Crippen LogP contribution in [0.2, 0.25) is 0 Å². The van der Waals surface area contributed by atoms with Gasteiger partial charge in [0.05, 0.1) is 0 Å². The zero-order valence-corrected chi connectivity index (χ0v) is 11.3. The van der Waals surface area contributed by atoms with Crippen LogP contribution in [0.5, 0.6) is 0 Å². The Morgan fingerprint density at radius 2 is 1.84 bits per heavy atom. The Morgan fingerprint density at radius 1 is 1.16 bits per heavy atom. The maximum Gasteiger partial charge on any atom is 0.311 e. The number of hydrogen-bond acceptors (Lipinski definition) is 3. The molecule has 0 aliphatic carbocycles. The molecule has 0 radical (unpaired) electrons. The van der Waals surface area contributed by atoms with Gasteiger partial charge in [0, 0.05) is 10.2 Å². The number of rotatable bonds is 4. The number of amides is 1. The smallest absolute Gasteiger partial charge is 0.311 e. The van der Waals surface area contributed by atoms with Gasteiger partial charge in [-0.2, -0.15) is 0 Å². The summed E-state index contributed by atoms with van der Waals surface area (Å²) >= 11 is 3.30. The molecule has 0 fully saturated rings. The van der Waals surface area contributed by atoms with E-state index in [9.17, 15) is 9.59 Å². The monoisotopic (exact) mass is 323 g/mol. The van der Waals surface area contributed by atoms with Crippen molar-refractivity contribution in [2.75, 3.05) is 5.32 Å². The molecule has 0 bridgehead atoms. The quantitative estimate of drug-likeness (QED) is 0.906. The number of halogens is 1. The molecule has 1 aromatic carbocycles. The first kappa shape index (κ1) is 13.4. The van der Waals surface area contributed by atoms with Crippen molar-refractivity contribution in [3.05, 3.63) is 52.4 Å². The number of aliphatic carboxylic acids is 1. The lowest BCUT2D eigenvalue weighted by Crippen LogP contribution is -2.10. The minimum atomic E-state index is -1.01. The Bertz CT molecular complexity index is 603. The number of anilines is 1. The molecule has 6 heteroatoms. The van der Waals surface area contributed by atoms with Crippen LogP contribution in [0.25, 0.3) is 0 Å². The van der Waals surface area contributed by atoms with Gasteiger partial charge in [0.15, 0.2) is 5.76 Å². The van der Waals surface area contributed by atoms with Crippen LogP contribution in [-0.4, -0.2) is 17.0 Å². The maximum atomic E-state index is 11.8. The highest BCUT2D eigenvalue weighted by molar-refractivity contribution is 9.10. The number of hydrogen-bond donors (Lipinski definition) is 2. The second-order valence-electron chi connectivity index (χ2n) is 3.80. The van der Waals surface area contributed by atoms with Gasteiger partial charge in [-0.1, -0.05) is 15.9 Å². The van der Waals surface area contributed by atoms with E-state index in [2.05, 4.69) is 21.2 Å². The molecule has 2 N–H and O–H groups in total. The summed E-state index contributed by atoms with van der Waals surface area (Å²) in [6.07, 6.45) is -0.244. The summed E-state index contributed by atoms with van der Waals surface area (Å²) in [6.45, 7) is 0. The average Bonchev–Trinajstić information content (AvgIpc) is 2.80. The van der Waals surface area contributed by atoms with Crippen LogP contribution in [0.3, 0.4) is 0 Å². The molecular formula is C13H10BrNO4. The van der Waals surface area contributed by atoms with E-state index in [1.54, 1.807) is 24.3 Å². The van der Waals surface area contributed by atoms with Gasteiger partial charge in [0.2, 0.25) is 0 Å². The molecule has 2 rings (SSSR count). The Balaban J connectivity index is 2.05. The van der Waals surface area contributed by atoms with Gasteiger partial charge in [-0.15, -0.1) is 0 Å². The zero-order chi connectivity index (χ0) is 13.8. The first-order valence-corrected chi connectivity index (χ1v) is 6.21. The average molecular weight is 324 g/mol. The first-order chi connectivity index (χ1) is 9.04. The van der Waals surface area contributed by atoms with E-state index in [1.807, 2.05) is 0 Å². The van der Waals surface area contributed by atoms with E-state index in [-0.39, 0.29) is 17.9 Å². The molecule has 0 atom stereocenters. The standard InChI is InChI=1S/C13H10BrNO4/c14-8-1-3-9(4-2-8)15-13(18)11-6-5-10(19-11)7-12(16)17/h1-6H,7H2,(H,15,18)(H,16,17). The van der Waals surface area contributed by atoms with E-state index in [0.717, 1.165) is 4.47 Å². The third-order valence-corrected chi connectivity index (χ3v) is 2.84. The van der Waals surface area contributed by atoms with Crippen LogP contribution in [0.4, 0.5) is 5.69 Å². The van der Waals surface area contributed by atoms with Crippen molar-refractivity contribution in [1.29, 1.82) is 0 Å². The summed E-state index contributed by atoms with van der Waals surface area (Å²) in [7, 11) is 0. The van der Waals surface area contributed by atoms with Crippen molar-refractivity contribution in [2.24, 2.45) is 0 Å². The fourth-order valence-electron chi connectivity index (χ4n) is 1.47. The van der Waals surface area contributed by atoms with Gasteiger partial charge < -0.3 is 14.8 Å². The number of furan rings is 1. The van der Waals surface area contributed by atoms with Gasteiger partial charge in [0.25, 0.3) is 5.91 Å². The Morgan fingerprint density at radius 3 is 2.47 bits per heavy atom. The number of carbonyl (C=O) groups is 2. The molecule has 0 aliphatic heterocycles. The van der Waals surface area contributed by atoms with Crippen LogP contribution < -0.4 is 5.32 Å². The molecule has 98 valence electrons. The largest absolute Gasteiger partial charge is 0.481 e. The predicted octanol–water partition coefficient (Wildman–Crippen LogP) is 2.92. The lowest BCUT2D eigenvalue weighted by Gasteiger charge is -2.02. The van der Waals surface area contributed by atoms with Gasteiger partial charge in [-0.25, -0.2) is 0 Å². The number of carboxylic acids is 1. The summed E-state index contributed by atoms with van der Waals surface area (Å²) in [5.74, 6) is -1.10. The van der Waals surface area contributed by atoms with Crippen molar-refractivity contribution in [1.82, 2.24) is 0 Å². The number of benzene rings is 1. The maximum absolute atomic E-state index is 11.8. The normalized spacial score (nSPS) is 10.2. The highest BCUT2D eigenvalue weighted by Gasteiger charge is 2.13. The van der Waals surface area contributed by atoms with Crippen LogP contribution in [-0.2, 0) is 11.2 Å². The molecule has 0 unspecified atom stereocenters. The van der Waals surface area contributed by atoms with Gasteiger partial charge in [-0.3, -0.25) is 9.59 Å². The Kier molecular flexibility index (Phi) is 4.01. The van der Waals surface area contributed by atoms with Crippen molar-refractivity contribution in [3.63, 3.8) is 0 Å². The molecule has 0 aliphatic rings. The molecule has 1 aromatic heterocycles. The molecule has 2 aromatic rings. The zero-order valence-electron chi connectivity index (χ0n) is 9.72. The van der Waals surface area contributed by atoms with Crippen molar-refractivity contribution < 1.29 is 19.1 Å². The number of carboxylic acid groups (broad SMARTS) is 1. The summed E-state index contributed by atoms with van der Waals surface area (Å²) in [5.41, 5.74) is 0.629. The lowest BCUT2D eigenvalue weighted by atomic mass is 10.3. The van der Waals surface area contributed by atoms with E-state index in [1.165, 1.54) is 12.1 Å². The highest BCUT2D eigenvalue weighted by atomic mass is 79.9. The van der Waals surface area contributed by atoms with Crippen LogP contribution in [0.1, 0.15) is 16.3 Å². The summed E-state index contributed by atoms with van der Waals surface area (Å²) in [4.78, 5) is 22.3.